The molecular weight excluding hydrogens is 152 g/mol. The molecule has 0 spiro atoms. The minimum atomic E-state index is -0.373. The fourth-order valence-corrected chi connectivity index (χ4v) is 0.735. The average molecular weight is 168 g/mol. The Labute approximate surface area is 73.6 Å². The highest BCUT2D eigenvalue weighted by molar-refractivity contribution is 5.87. The van der Waals surface area contributed by atoms with Crippen LogP contribution in [-0.2, 0) is 4.79 Å². The molecule has 0 aliphatic rings. The molecule has 0 bridgehead atoms. The second-order valence-electron chi connectivity index (χ2n) is 2.76. The zero-order chi connectivity index (χ0) is 9.40. The monoisotopic (exact) mass is 168 g/mol. The first-order chi connectivity index (χ1) is 5.63. The molecule has 1 atom stereocenters. The number of aliphatic hydroxyl groups excluding tert-OH is 1. The Bertz CT molecular complexity index is 178. The van der Waals surface area contributed by atoms with E-state index in [1.165, 1.54) is 6.92 Å². The first kappa shape index (κ1) is 11.1. The highest BCUT2D eigenvalue weighted by atomic mass is 16.3. The van der Waals surface area contributed by atoms with Gasteiger partial charge in [0.15, 0.2) is 5.78 Å². The van der Waals surface area contributed by atoms with Crippen LogP contribution < -0.4 is 0 Å². The molecule has 0 aromatic carbocycles. The molecule has 2 nitrogen and oxygen atoms in total. The molecule has 1 N–H and O–H groups in total. The SMILES string of the molecule is CC(=O)/C=C/CC/C=C/C(C)O. The van der Waals surface area contributed by atoms with E-state index in [1.807, 2.05) is 12.2 Å². The van der Waals surface area contributed by atoms with Crippen molar-refractivity contribution in [3.63, 3.8) is 0 Å². The molecule has 0 heterocycles. The first-order valence-corrected chi connectivity index (χ1v) is 4.14. The molecule has 0 saturated carbocycles. The van der Waals surface area contributed by atoms with Crippen LogP contribution >= 0.6 is 0 Å². The Kier molecular flexibility index (Phi) is 6.29. The number of hydrogen-bond donors (Lipinski definition) is 1. The third kappa shape index (κ3) is 9.11. The first-order valence-electron chi connectivity index (χ1n) is 4.14. The van der Waals surface area contributed by atoms with Crippen molar-refractivity contribution in [1.82, 2.24) is 0 Å². The van der Waals surface area contributed by atoms with Gasteiger partial charge in [-0.3, -0.25) is 4.79 Å². The molecule has 2 heteroatoms. The van der Waals surface area contributed by atoms with Crippen molar-refractivity contribution >= 4 is 5.78 Å². The second-order valence-corrected chi connectivity index (χ2v) is 2.76. The summed E-state index contributed by atoms with van der Waals surface area (Å²) in [7, 11) is 0. The van der Waals surface area contributed by atoms with Crippen LogP contribution in [-0.4, -0.2) is 17.0 Å². The van der Waals surface area contributed by atoms with Crippen molar-refractivity contribution in [2.24, 2.45) is 0 Å². The van der Waals surface area contributed by atoms with E-state index in [4.69, 9.17) is 5.11 Å². The largest absolute Gasteiger partial charge is 0.389 e. The van der Waals surface area contributed by atoms with Crippen molar-refractivity contribution in [2.75, 3.05) is 0 Å². The zero-order valence-electron chi connectivity index (χ0n) is 7.66. The van der Waals surface area contributed by atoms with Crippen LogP contribution in [0.3, 0.4) is 0 Å². The number of carbonyl (C=O) groups is 1. The Morgan fingerprint density at radius 3 is 2.50 bits per heavy atom. The van der Waals surface area contributed by atoms with Crippen LogP contribution in [0.1, 0.15) is 26.7 Å². The van der Waals surface area contributed by atoms with Crippen molar-refractivity contribution in [2.45, 2.75) is 32.8 Å². The topological polar surface area (TPSA) is 37.3 Å². The van der Waals surface area contributed by atoms with Gasteiger partial charge in [-0.15, -0.1) is 0 Å². The Morgan fingerprint density at radius 1 is 1.42 bits per heavy atom. The molecule has 0 rings (SSSR count). The maximum atomic E-state index is 10.4. The predicted octanol–water partition coefficient (Wildman–Crippen LogP) is 1.85. The van der Waals surface area contributed by atoms with E-state index in [0.29, 0.717) is 0 Å². The van der Waals surface area contributed by atoms with Crippen molar-refractivity contribution in [1.29, 1.82) is 0 Å². The molecule has 0 amide bonds. The van der Waals surface area contributed by atoms with Gasteiger partial charge in [-0.25, -0.2) is 0 Å². The fraction of sp³-hybridized carbons (Fsp3) is 0.500. The van der Waals surface area contributed by atoms with E-state index in [0.717, 1.165) is 12.8 Å². The van der Waals surface area contributed by atoms with Gasteiger partial charge in [0.2, 0.25) is 0 Å². The summed E-state index contributed by atoms with van der Waals surface area (Å²) >= 11 is 0. The van der Waals surface area contributed by atoms with Crippen LogP contribution in [0.15, 0.2) is 24.3 Å². The van der Waals surface area contributed by atoms with Gasteiger partial charge < -0.3 is 5.11 Å². The lowest BCUT2D eigenvalue weighted by Gasteiger charge is -1.91. The fourth-order valence-electron chi connectivity index (χ4n) is 0.735. The van der Waals surface area contributed by atoms with Gasteiger partial charge in [0, 0.05) is 0 Å². The van der Waals surface area contributed by atoms with Crippen LogP contribution in [0.2, 0.25) is 0 Å². The summed E-state index contributed by atoms with van der Waals surface area (Å²) in [4.78, 5) is 10.4. The van der Waals surface area contributed by atoms with Crippen LogP contribution in [0.4, 0.5) is 0 Å². The third-order valence-corrected chi connectivity index (χ3v) is 1.27. The van der Waals surface area contributed by atoms with Gasteiger partial charge in [0.1, 0.15) is 0 Å². The molecule has 0 aromatic rings. The van der Waals surface area contributed by atoms with Gasteiger partial charge in [0.25, 0.3) is 0 Å². The molecule has 68 valence electrons. The summed E-state index contributed by atoms with van der Waals surface area (Å²) in [5.74, 6) is 0.0782. The van der Waals surface area contributed by atoms with Crippen LogP contribution in [0.5, 0.6) is 0 Å². The number of carbonyl (C=O) groups excluding carboxylic acids is 1. The quantitative estimate of drug-likeness (QED) is 0.386. The van der Waals surface area contributed by atoms with Gasteiger partial charge in [0.05, 0.1) is 6.10 Å². The second kappa shape index (κ2) is 6.80. The highest BCUT2D eigenvalue weighted by Crippen LogP contribution is 1.94. The summed E-state index contributed by atoms with van der Waals surface area (Å²) < 4.78 is 0. The van der Waals surface area contributed by atoms with E-state index in [9.17, 15) is 4.79 Å². The molecule has 0 radical (unpaired) electrons. The number of allylic oxidation sites excluding steroid dienone is 3. The molecular formula is C10H16O2. The third-order valence-electron chi connectivity index (χ3n) is 1.27. The van der Waals surface area contributed by atoms with E-state index in [-0.39, 0.29) is 11.9 Å². The summed E-state index contributed by atoms with van der Waals surface area (Å²) in [6, 6.07) is 0. The minimum Gasteiger partial charge on any atom is -0.389 e. The lowest BCUT2D eigenvalue weighted by molar-refractivity contribution is -0.112. The molecule has 0 aliphatic heterocycles. The van der Waals surface area contributed by atoms with E-state index < -0.39 is 0 Å². The zero-order valence-corrected chi connectivity index (χ0v) is 7.66. The standard InChI is InChI=1S/C10H16O2/c1-9(11)7-5-3-4-6-8-10(2)12/h5-9,11H,3-4H2,1-2H3/b7-5+,8-6+. The highest BCUT2D eigenvalue weighted by Gasteiger charge is 1.84. The van der Waals surface area contributed by atoms with Gasteiger partial charge >= 0.3 is 0 Å². The summed E-state index contributed by atoms with van der Waals surface area (Å²) in [6.07, 6.45) is 8.40. The Morgan fingerprint density at radius 2 is 2.00 bits per heavy atom. The molecule has 0 aliphatic carbocycles. The maximum absolute atomic E-state index is 10.4. The molecule has 0 saturated heterocycles. The number of unbranched alkanes of at least 4 members (excludes halogenated alkanes) is 1. The summed E-state index contributed by atoms with van der Waals surface area (Å²) in [5.41, 5.74) is 0. The lowest BCUT2D eigenvalue weighted by atomic mass is 10.2. The minimum absolute atomic E-state index is 0.0782. The number of rotatable bonds is 5. The van der Waals surface area contributed by atoms with Gasteiger partial charge in [-0.2, -0.15) is 0 Å². The van der Waals surface area contributed by atoms with E-state index in [1.54, 1.807) is 19.1 Å². The average Bonchev–Trinajstić information content (AvgIpc) is 1.95. The van der Waals surface area contributed by atoms with E-state index in [2.05, 4.69) is 0 Å². The van der Waals surface area contributed by atoms with Gasteiger partial charge in [-0.05, 0) is 32.8 Å². The summed E-state index contributed by atoms with van der Waals surface area (Å²) in [6.45, 7) is 3.24. The molecule has 0 aromatic heterocycles. The lowest BCUT2D eigenvalue weighted by Crippen LogP contribution is -1.91. The number of aliphatic hydroxyl groups is 1. The normalized spacial score (nSPS) is 14.2. The Hall–Kier alpha value is -0.890. The van der Waals surface area contributed by atoms with E-state index >= 15 is 0 Å². The smallest absolute Gasteiger partial charge is 0.152 e. The maximum Gasteiger partial charge on any atom is 0.152 e. The van der Waals surface area contributed by atoms with Crippen LogP contribution in [0, 0.1) is 0 Å². The molecule has 0 fully saturated rings. The molecule has 1 unspecified atom stereocenters. The van der Waals surface area contributed by atoms with Crippen molar-refractivity contribution < 1.29 is 9.90 Å². The Balaban J connectivity index is 3.39. The van der Waals surface area contributed by atoms with Crippen molar-refractivity contribution in [3.8, 4) is 0 Å². The number of ketones is 1. The summed E-state index contributed by atoms with van der Waals surface area (Å²) in [5, 5.41) is 8.84. The predicted molar refractivity (Wildman–Crippen MR) is 49.9 cm³/mol. The van der Waals surface area contributed by atoms with Crippen molar-refractivity contribution in [3.05, 3.63) is 24.3 Å². The molecule has 12 heavy (non-hydrogen) atoms. The number of hydrogen-bond acceptors (Lipinski definition) is 2. The van der Waals surface area contributed by atoms with Gasteiger partial charge in [-0.1, -0.05) is 18.2 Å². The van der Waals surface area contributed by atoms with Crippen LogP contribution in [0.25, 0.3) is 0 Å².